The van der Waals surface area contributed by atoms with Crippen LogP contribution in [0.5, 0.6) is 5.75 Å². The first-order chi connectivity index (χ1) is 17.5. The van der Waals surface area contributed by atoms with Crippen molar-refractivity contribution in [3.63, 3.8) is 0 Å². The Morgan fingerprint density at radius 2 is 1.68 bits per heavy atom. The number of rotatable bonds is 11. The van der Waals surface area contributed by atoms with E-state index in [2.05, 4.69) is 17.1 Å². The molecule has 0 spiro atoms. The summed E-state index contributed by atoms with van der Waals surface area (Å²) in [5.74, 6) is -0.965. The normalized spacial score (nSPS) is 15.9. The molecule has 1 fully saturated rings. The SMILES string of the molecule is CCCCCC(C)ONC(=O)c1ccccc1S(=O)(=O)N1CCN(c2ccc(OC(F)(F)F)cc2)CC1. The summed E-state index contributed by atoms with van der Waals surface area (Å²) in [6.45, 7) is 4.87. The number of carbonyl (C=O) groups is 1. The summed E-state index contributed by atoms with van der Waals surface area (Å²) in [5, 5.41) is 0. The number of sulfonamides is 1. The quantitative estimate of drug-likeness (QED) is 0.326. The molecule has 1 atom stereocenters. The van der Waals surface area contributed by atoms with Crippen molar-refractivity contribution in [1.82, 2.24) is 9.79 Å². The van der Waals surface area contributed by atoms with Gasteiger partial charge >= 0.3 is 6.36 Å². The van der Waals surface area contributed by atoms with Crippen LogP contribution in [0.4, 0.5) is 18.9 Å². The molecule has 0 saturated carbocycles. The van der Waals surface area contributed by atoms with Gasteiger partial charge in [0, 0.05) is 31.9 Å². The number of hydroxylamine groups is 1. The average molecular weight is 544 g/mol. The monoisotopic (exact) mass is 543 g/mol. The average Bonchev–Trinajstić information content (AvgIpc) is 2.87. The Labute approximate surface area is 215 Å². The van der Waals surface area contributed by atoms with Crippen LogP contribution in [0.3, 0.4) is 0 Å². The lowest BCUT2D eigenvalue weighted by molar-refractivity contribution is -0.274. The number of halogens is 3. The van der Waals surface area contributed by atoms with E-state index in [4.69, 9.17) is 4.84 Å². The van der Waals surface area contributed by atoms with Crippen LogP contribution in [0.2, 0.25) is 0 Å². The van der Waals surface area contributed by atoms with E-state index in [0.29, 0.717) is 18.8 Å². The summed E-state index contributed by atoms with van der Waals surface area (Å²) < 4.78 is 69.1. The molecule has 1 N–H and O–H groups in total. The minimum Gasteiger partial charge on any atom is -0.406 e. The molecule has 12 heteroatoms. The number of piperazine rings is 1. The highest BCUT2D eigenvalue weighted by molar-refractivity contribution is 7.89. The van der Waals surface area contributed by atoms with Crippen LogP contribution in [-0.2, 0) is 14.9 Å². The van der Waals surface area contributed by atoms with E-state index in [0.717, 1.165) is 25.7 Å². The Morgan fingerprint density at radius 1 is 1.03 bits per heavy atom. The summed E-state index contributed by atoms with van der Waals surface area (Å²) >= 11 is 0. The molecule has 1 aliphatic heterocycles. The number of amides is 1. The van der Waals surface area contributed by atoms with Gasteiger partial charge in [-0.15, -0.1) is 13.2 Å². The Balaban J connectivity index is 1.62. The minimum absolute atomic E-state index is 0.00839. The molecule has 204 valence electrons. The number of alkyl halides is 3. The lowest BCUT2D eigenvalue weighted by Gasteiger charge is -2.35. The maximum atomic E-state index is 13.4. The van der Waals surface area contributed by atoms with E-state index in [1.54, 1.807) is 12.1 Å². The third-order valence-electron chi connectivity index (χ3n) is 5.99. The summed E-state index contributed by atoms with van der Waals surface area (Å²) in [4.78, 5) is 20.0. The van der Waals surface area contributed by atoms with Crippen LogP contribution in [0.25, 0.3) is 0 Å². The summed E-state index contributed by atoms with van der Waals surface area (Å²) in [6, 6.07) is 11.4. The number of anilines is 1. The molecule has 1 aliphatic rings. The fraction of sp³-hybridized carbons (Fsp3) is 0.480. The second-order valence-corrected chi connectivity index (χ2v) is 10.7. The third kappa shape index (κ3) is 8.08. The zero-order valence-electron chi connectivity index (χ0n) is 20.8. The predicted octanol–water partition coefficient (Wildman–Crippen LogP) is 4.73. The van der Waals surface area contributed by atoms with E-state index in [1.165, 1.54) is 40.7 Å². The van der Waals surface area contributed by atoms with Gasteiger partial charge in [-0.25, -0.2) is 13.9 Å². The molecule has 3 rings (SSSR count). The van der Waals surface area contributed by atoms with Crippen molar-refractivity contribution < 1.29 is 36.0 Å². The molecule has 1 unspecified atom stereocenters. The van der Waals surface area contributed by atoms with E-state index in [-0.39, 0.29) is 35.4 Å². The second kappa shape index (κ2) is 12.6. The van der Waals surface area contributed by atoms with E-state index in [9.17, 15) is 26.4 Å². The molecular formula is C25H32F3N3O5S. The zero-order valence-corrected chi connectivity index (χ0v) is 21.6. The number of nitrogens with one attached hydrogen (secondary N) is 1. The second-order valence-electron chi connectivity index (χ2n) is 8.78. The number of benzene rings is 2. The Hall–Kier alpha value is -2.83. The van der Waals surface area contributed by atoms with Crippen molar-refractivity contribution in [3.05, 3.63) is 54.1 Å². The van der Waals surface area contributed by atoms with Crippen molar-refractivity contribution in [1.29, 1.82) is 0 Å². The van der Waals surface area contributed by atoms with Gasteiger partial charge in [0.1, 0.15) is 5.75 Å². The summed E-state index contributed by atoms with van der Waals surface area (Å²) in [5.41, 5.74) is 3.02. The lowest BCUT2D eigenvalue weighted by atomic mass is 10.1. The molecule has 8 nitrogen and oxygen atoms in total. The Morgan fingerprint density at radius 3 is 2.30 bits per heavy atom. The van der Waals surface area contributed by atoms with Gasteiger partial charge in [-0.3, -0.25) is 9.63 Å². The first-order valence-electron chi connectivity index (χ1n) is 12.2. The van der Waals surface area contributed by atoms with Crippen molar-refractivity contribution in [2.24, 2.45) is 0 Å². The third-order valence-corrected chi connectivity index (χ3v) is 7.95. The maximum Gasteiger partial charge on any atom is 0.573 e. The molecule has 1 saturated heterocycles. The Kier molecular flexibility index (Phi) is 9.80. The molecule has 1 heterocycles. The van der Waals surface area contributed by atoms with Crippen LogP contribution in [0.15, 0.2) is 53.4 Å². The number of unbranched alkanes of at least 4 members (excludes halogenated alkanes) is 2. The topological polar surface area (TPSA) is 88.2 Å². The van der Waals surface area contributed by atoms with Gasteiger partial charge < -0.3 is 9.64 Å². The first-order valence-corrected chi connectivity index (χ1v) is 13.6. The number of hydrogen-bond acceptors (Lipinski definition) is 6. The van der Waals surface area contributed by atoms with E-state index >= 15 is 0 Å². The van der Waals surface area contributed by atoms with Crippen LogP contribution in [0.1, 0.15) is 49.9 Å². The van der Waals surface area contributed by atoms with Crippen LogP contribution < -0.4 is 15.1 Å². The van der Waals surface area contributed by atoms with Crippen molar-refractivity contribution >= 4 is 21.6 Å². The van der Waals surface area contributed by atoms with Crippen molar-refractivity contribution in [2.75, 3.05) is 31.1 Å². The molecule has 2 aromatic carbocycles. The number of ether oxygens (including phenoxy) is 1. The zero-order chi connectivity index (χ0) is 27.1. The van der Waals surface area contributed by atoms with E-state index < -0.39 is 22.3 Å². The van der Waals surface area contributed by atoms with Crippen LogP contribution in [0, 0.1) is 0 Å². The van der Waals surface area contributed by atoms with Gasteiger partial charge in [0.25, 0.3) is 5.91 Å². The molecule has 37 heavy (non-hydrogen) atoms. The highest BCUT2D eigenvalue weighted by Gasteiger charge is 2.33. The van der Waals surface area contributed by atoms with Gasteiger partial charge in [-0.2, -0.15) is 4.31 Å². The number of carbonyl (C=O) groups excluding carboxylic acids is 1. The summed E-state index contributed by atoms with van der Waals surface area (Å²) in [6.07, 6.45) is -1.10. The highest BCUT2D eigenvalue weighted by Crippen LogP contribution is 2.27. The van der Waals surface area contributed by atoms with Crippen LogP contribution in [-0.4, -0.2) is 57.3 Å². The predicted molar refractivity (Wildman–Crippen MR) is 133 cm³/mol. The summed E-state index contributed by atoms with van der Waals surface area (Å²) in [7, 11) is -3.98. The van der Waals surface area contributed by atoms with Crippen LogP contribution >= 0.6 is 0 Å². The van der Waals surface area contributed by atoms with Gasteiger partial charge in [-0.05, 0) is 49.7 Å². The lowest BCUT2D eigenvalue weighted by Crippen LogP contribution is -2.49. The van der Waals surface area contributed by atoms with Gasteiger partial charge in [0.05, 0.1) is 16.6 Å². The fourth-order valence-corrected chi connectivity index (χ4v) is 5.62. The van der Waals surface area contributed by atoms with Gasteiger partial charge in [-0.1, -0.05) is 38.3 Å². The molecule has 0 aromatic heterocycles. The molecule has 1 amide bonds. The maximum absolute atomic E-state index is 13.4. The Bertz CT molecular complexity index is 1140. The first kappa shape index (κ1) is 28.7. The number of nitrogens with zero attached hydrogens (tertiary/aromatic N) is 2. The highest BCUT2D eigenvalue weighted by atomic mass is 32.2. The molecule has 0 bridgehead atoms. The minimum atomic E-state index is -4.77. The van der Waals surface area contributed by atoms with Gasteiger partial charge in [0.15, 0.2) is 0 Å². The smallest absolute Gasteiger partial charge is 0.406 e. The van der Waals surface area contributed by atoms with E-state index in [1.807, 2.05) is 11.8 Å². The largest absolute Gasteiger partial charge is 0.573 e. The molecule has 0 aliphatic carbocycles. The standard InChI is InChI=1S/C25H32F3N3O5S/c1-3-4-5-8-19(2)36-29-24(32)22-9-6-7-10-23(22)37(33,34)31-17-15-30(16-18-31)20-11-13-21(14-12-20)35-25(26,27)28/h6-7,9-14,19H,3-5,8,15-18H2,1-2H3,(H,29,32). The molecule has 0 radical (unpaired) electrons. The van der Waals surface area contributed by atoms with Crippen molar-refractivity contribution in [2.45, 2.75) is 56.9 Å². The van der Waals surface area contributed by atoms with Crippen molar-refractivity contribution in [3.8, 4) is 5.75 Å². The fourth-order valence-electron chi connectivity index (χ4n) is 4.01. The number of hydrogen-bond donors (Lipinski definition) is 1. The molecular weight excluding hydrogens is 511 g/mol. The van der Waals surface area contributed by atoms with Gasteiger partial charge in [0.2, 0.25) is 10.0 Å². The molecule has 2 aromatic rings.